The van der Waals surface area contributed by atoms with Gasteiger partial charge in [-0.1, -0.05) is 25.9 Å². The minimum Gasteiger partial charge on any atom is -0.477 e. The van der Waals surface area contributed by atoms with Crippen molar-refractivity contribution in [3.05, 3.63) is 39.7 Å². The predicted octanol–water partition coefficient (Wildman–Crippen LogP) is 2.56. The Kier molecular flexibility index (Phi) is 3.88. The zero-order valence-corrected chi connectivity index (χ0v) is 12.3. The van der Waals surface area contributed by atoms with Crippen molar-refractivity contribution >= 4 is 5.82 Å². The number of pyridine rings is 1. The Bertz CT molecular complexity index is 660. The summed E-state index contributed by atoms with van der Waals surface area (Å²) < 4.78 is 10.5. The van der Waals surface area contributed by atoms with Crippen LogP contribution in [-0.2, 0) is 12.0 Å². The molecule has 0 saturated carbocycles. The van der Waals surface area contributed by atoms with Crippen molar-refractivity contribution < 1.29 is 14.2 Å². The van der Waals surface area contributed by atoms with E-state index in [1.165, 1.54) is 6.07 Å². The highest BCUT2D eigenvalue weighted by Crippen LogP contribution is 2.25. The first kappa shape index (κ1) is 14.9. The molecule has 8 nitrogen and oxygen atoms in total. The molecule has 0 aliphatic heterocycles. The van der Waals surface area contributed by atoms with Crippen LogP contribution in [0.2, 0.25) is 0 Å². The van der Waals surface area contributed by atoms with Gasteiger partial charge in [-0.25, -0.2) is 0 Å². The first-order valence-corrected chi connectivity index (χ1v) is 6.35. The molecule has 0 saturated heterocycles. The minimum atomic E-state index is -0.584. The van der Waals surface area contributed by atoms with Crippen LogP contribution in [0.5, 0.6) is 5.75 Å². The number of nitrogens with zero attached hydrogens (tertiary/aromatic N) is 4. The lowest BCUT2D eigenvalue weighted by atomic mass is 9.97. The minimum absolute atomic E-state index is 0.0227. The Balaban J connectivity index is 2.13. The second-order valence-electron chi connectivity index (χ2n) is 5.59. The van der Waals surface area contributed by atoms with Crippen LogP contribution in [0.4, 0.5) is 5.82 Å². The molecule has 0 aliphatic carbocycles. The topological polar surface area (TPSA) is 104 Å². The molecule has 0 bridgehead atoms. The molecule has 2 heterocycles. The maximum Gasteiger partial charge on any atom is 0.406 e. The Morgan fingerprint density at radius 3 is 2.62 bits per heavy atom. The smallest absolute Gasteiger partial charge is 0.406 e. The van der Waals surface area contributed by atoms with Crippen molar-refractivity contribution in [2.24, 2.45) is 0 Å². The average molecular weight is 292 g/mol. The van der Waals surface area contributed by atoms with E-state index >= 15 is 0 Å². The van der Waals surface area contributed by atoms with E-state index in [2.05, 4.69) is 15.1 Å². The molecule has 0 aliphatic rings. The van der Waals surface area contributed by atoms with E-state index in [1.807, 2.05) is 20.8 Å². The third-order valence-electron chi connectivity index (χ3n) is 2.62. The first-order chi connectivity index (χ1) is 9.77. The van der Waals surface area contributed by atoms with Gasteiger partial charge in [0.2, 0.25) is 17.5 Å². The summed E-state index contributed by atoms with van der Waals surface area (Å²) in [5.41, 5.74) is 0.284. The lowest BCUT2D eigenvalue weighted by Crippen LogP contribution is -2.11. The second kappa shape index (κ2) is 5.47. The molecular weight excluding hydrogens is 276 g/mol. The molecule has 2 rings (SSSR count). The summed E-state index contributed by atoms with van der Waals surface area (Å²) >= 11 is 0. The van der Waals surface area contributed by atoms with Gasteiger partial charge >= 0.3 is 5.82 Å². The van der Waals surface area contributed by atoms with Gasteiger partial charge in [0.1, 0.15) is 5.69 Å². The van der Waals surface area contributed by atoms with Gasteiger partial charge in [0.05, 0.1) is 0 Å². The summed E-state index contributed by atoms with van der Waals surface area (Å²) in [6.45, 7) is 7.48. The Labute approximate surface area is 121 Å². The zero-order chi connectivity index (χ0) is 15.6. The van der Waals surface area contributed by atoms with Gasteiger partial charge in [0.25, 0.3) is 0 Å². The molecule has 0 atom stereocenters. The second-order valence-corrected chi connectivity index (χ2v) is 5.59. The molecule has 21 heavy (non-hydrogen) atoms. The van der Waals surface area contributed by atoms with Crippen molar-refractivity contribution in [2.45, 2.75) is 39.7 Å². The quantitative estimate of drug-likeness (QED) is 0.629. The number of hydrogen-bond donors (Lipinski definition) is 0. The van der Waals surface area contributed by atoms with Crippen LogP contribution in [0, 0.1) is 17.0 Å². The van der Waals surface area contributed by atoms with Gasteiger partial charge in [0.15, 0.2) is 6.61 Å². The summed E-state index contributed by atoms with van der Waals surface area (Å²) in [5.74, 6) is 0.565. The molecule has 0 amide bonds. The monoisotopic (exact) mass is 292 g/mol. The normalized spacial score (nSPS) is 11.4. The molecule has 0 fully saturated rings. The summed E-state index contributed by atoms with van der Waals surface area (Å²) in [6.07, 6.45) is 0. The van der Waals surface area contributed by atoms with E-state index in [-0.39, 0.29) is 23.6 Å². The Morgan fingerprint density at radius 2 is 2.05 bits per heavy atom. The third kappa shape index (κ3) is 3.53. The molecule has 0 aromatic carbocycles. The molecule has 0 N–H and O–H groups in total. The van der Waals surface area contributed by atoms with Gasteiger partial charge in [-0.15, -0.1) is 0 Å². The molecule has 2 aromatic heterocycles. The van der Waals surface area contributed by atoms with Crippen molar-refractivity contribution in [1.29, 1.82) is 0 Å². The molecule has 112 valence electrons. The van der Waals surface area contributed by atoms with Gasteiger partial charge < -0.3 is 19.4 Å². The van der Waals surface area contributed by atoms with Crippen molar-refractivity contribution in [3.8, 4) is 5.75 Å². The molecule has 8 heteroatoms. The number of rotatable bonds is 4. The average Bonchev–Trinajstić information content (AvgIpc) is 2.85. The highest BCUT2D eigenvalue weighted by molar-refractivity contribution is 5.40. The van der Waals surface area contributed by atoms with E-state index < -0.39 is 4.92 Å². The highest BCUT2D eigenvalue weighted by Gasteiger charge is 2.23. The zero-order valence-electron chi connectivity index (χ0n) is 12.3. The predicted molar refractivity (Wildman–Crippen MR) is 73.0 cm³/mol. The fourth-order valence-electron chi connectivity index (χ4n) is 1.53. The van der Waals surface area contributed by atoms with Gasteiger partial charge in [-0.05, 0) is 22.0 Å². The lowest BCUT2D eigenvalue weighted by Gasteiger charge is -2.10. The highest BCUT2D eigenvalue weighted by atomic mass is 16.6. The SMILES string of the molecule is Cc1ccc(OCc2noc(C(C)(C)C)n2)c([N+](=O)[O-])n1. The molecular formula is C13H16N4O4. The molecule has 0 unspecified atom stereocenters. The Hall–Kier alpha value is -2.51. The van der Waals surface area contributed by atoms with Crippen molar-refractivity contribution in [3.63, 3.8) is 0 Å². The number of nitro groups is 1. The first-order valence-electron chi connectivity index (χ1n) is 6.35. The summed E-state index contributed by atoms with van der Waals surface area (Å²) in [5, 5.41) is 14.7. The maximum atomic E-state index is 10.9. The van der Waals surface area contributed by atoms with Crippen LogP contribution in [-0.4, -0.2) is 20.0 Å². The summed E-state index contributed by atoms with van der Waals surface area (Å²) in [4.78, 5) is 18.4. The van der Waals surface area contributed by atoms with Crippen LogP contribution in [0.1, 0.15) is 38.2 Å². The third-order valence-corrected chi connectivity index (χ3v) is 2.62. The van der Waals surface area contributed by atoms with Crippen LogP contribution >= 0.6 is 0 Å². The summed E-state index contributed by atoms with van der Waals surface area (Å²) in [6, 6.07) is 3.14. The Morgan fingerprint density at radius 1 is 1.33 bits per heavy atom. The fraction of sp³-hybridized carbons (Fsp3) is 0.462. The van der Waals surface area contributed by atoms with Gasteiger partial charge in [-0.3, -0.25) is 0 Å². The number of aryl methyl sites for hydroxylation is 1. The number of hydrogen-bond acceptors (Lipinski definition) is 7. The van der Waals surface area contributed by atoms with Crippen LogP contribution < -0.4 is 4.74 Å². The standard InChI is InChI=1S/C13H16N4O4/c1-8-5-6-9(11(14-8)17(18)19)20-7-10-15-12(21-16-10)13(2,3)4/h5-6H,7H2,1-4H3. The lowest BCUT2D eigenvalue weighted by molar-refractivity contribution is -0.390. The molecule has 0 spiro atoms. The van der Waals surface area contributed by atoms with Crippen LogP contribution in [0.3, 0.4) is 0 Å². The molecule has 2 aromatic rings. The van der Waals surface area contributed by atoms with Crippen molar-refractivity contribution in [2.75, 3.05) is 0 Å². The van der Waals surface area contributed by atoms with Crippen molar-refractivity contribution in [1.82, 2.24) is 15.1 Å². The largest absolute Gasteiger partial charge is 0.477 e. The van der Waals surface area contributed by atoms with Gasteiger partial charge in [0, 0.05) is 12.3 Å². The maximum absolute atomic E-state index is 10.9. The van der Waals surface area contributed by atoms with Crippen LogP contribution in [0.25, 0.3) is 0 Å². The van der Waals surface area contributed by atoms with E-state index in [4.69, 9.17) is 9.26 Å². The van der Waals surface area contributed by atoms with Crippen LogP contribution in [0.15, 0.2) is 16.7 Å². The van der Waals surface area contributed by atoms with Gasteiger partial charge in [-0.2, -0.15) is 4.98 Å². The van der Waals surface area contributed by atoms with E-state index in [0.29, 0.717) is 17.4 Å². The van der Waals surface area contributed by atoms with E-state index in [1.54, 1.807) is 13.0 Å². The number of ether oxygens (including phenoxy) is 1. The summed E-state index contributed by atoms with van der Waals surface area (Å²) in [7, 11) is 0. The molecule has 0 radical (unpaired) electrons. The van der Waals surface area contributed by atoms with E-state index in [0.717, 1.165) is 0 Å². The fourth-order valence-corrected chi connectivity index (χ4v) is 1.53. The van der Waals surface area contributed by atoms with E-state index in [9.17, 15) is 10.1 Å². The number of aromatic nitrogens is 3.